The summed E-state index contributed by atoms with van der Waals surface area (Å²) in [6, 6.07) is 10.5. The Morgan fingerprint density at radius 1 is 1.27 bits per heavy atom. The van der Waals surface area contributed by atoms with Gasteiger partial charge in [-0.2, -0.15) is 0 Å². The second-order valence-electron chi connectivity index (χ2n) is 10.1. The van der Waals surface area contributed by atoms with Crippen molar-refractivity contribution in [3.05, 3.63) is 47.6 Å². The van der Waals surface area contributed by atoms with Crippen molar-refractivity contribution in [1.29, 1.82) is 0 Å². The monoisotopic (exact) mass is 469 g/mol. The van der Waals surface area contributed by atoms with Crippen LogP contribution in [0, 0.1) is 11.3 Å². The van der Waals surface area contributed by atoms with Gasteiger partial charge in [-0.1, -0.05) is 27.7 Å². The number of rotatable bonds is 7. The van der Waals surface area contributed by atoms with Gasteiger partial charge in [-0.05, 0) is 54.5 Å². The fraction of sp³-hybridized carbons (Fsp3) is 0.538. The summed E-state index contributed by atoms with van der Waals surface area (Å²) >= 11 is 1.76. The number of thiophene rings is 1. The molecule has 6 nitrogen and oxygen atoms in total. The van der Waals surface area contributed by atoms with Crippen LogP contribution in [0.2, 0.25) is 0 Å². The highest BCUT2D eigenvalue weighted by molar-refractivity contribution is 7.15. The topological polar surface area (TPSA) is 56.1 Å². The van der Waals surface area contributed by atoms with Crippen molar-refractivity contribution < 1.29 is 14.3 Å². The van der Waals surface area contributed by atoms with Gasteiger partial charge >= 0.3 is 5.97 Å². The van der Waals surface area contributed by atoms with Gasteiger partial charge in [0.1, 0.15) is 0 Å². The Balaban J connectivity index is 1.60. The number of carbonyl (C=O) groups is 1. The van der Waals surface area contributed by atoms with E-state index in [1.165, 1.54) is 12.0 Å². The smallest absolute Gasteiger partial charge is 0.339 e. The average molecular weight is 470 g/mol. The number of aromatic nitrogens is 2. The molecule has 1 aliphatic heterocycles. The van der Waals surface area contributed by atoms with E-state index < -0.39 is 5.60 Å². The third-order valence-corrected chi connectivity index (χ3v) is 7.68. The second kappa shape index (κ2) is 9.57. The summed E-state index contributed by atoms with van der Waals surface area (Å²) in [5, 5.41) is 0. The minimum Gasteiger partial charge on any atom is -0.467 e. The lowest BCUT2D eigenvalue weighted by atomic mass is 9.71. The van der Waals surface area contributed by atoms with Crippen molar-refractivity contribution in [2.24, 2.45) is 11.3 Å². The molecule has 3 aromatic heterocycles. The number of esters is 1. The molecule has 0 saturated carbocycles. The van der Waals surface area contributed by atoms with Crippen molar-refractivity contribution in [3.8, 4) is 10.7 Å². The van der Waals surface area contributed by atoms with Crippen molar-refractivity contribution in [3.63, 3.8) is 0 Å². The quantitative estimate of drug-likeness (QED) is 0.441. The molecule has 7 heteroatoms. The minimum atomic E-state index is -0.917. The number of ether oxygens (including phenoxy) is 2. The van der Waals surface area contributed by atoms with Gasteiger partial charge in [0, 0.05) is 49.0 Å². The van der Waals surface area contributed by atoms with Crippen molar-refractivity contribution in [2.45, 2.75) is 52.7 Å². The maximum Gasteiger partial charge on any atom is 0.339 e. The lowest BCUT2D eigenvalue weighted by Gasteiger charge is -2.48. The summed E-state index contributed by atoms with van der Waals surface area (Å²) < 4.78 is 13.6. The number of likely N-dealkylation sites (tertiary alicyclic amines) is 1. The lowest BCUT2D eigenvalue weighted by Crippen LogP contribution is -2.59. The first-order valence-corrected chi connectivity index (χ1v) is 12.5. The van der Waals surface area contributed by atoms with Crippen LogP contribution < -0.4 is 0 Å². The molecule has 3 aromatic rings. The first kappa shape index (κ1) is 23.9. The zero-order chi connectivity index (χ0) is 23.6. The molecular weight excluding hydrogens is 434 g/mol. The van der Waals surface area contributed by atoms with E-state index in [0.29, 0.717) is 25.5 Å². The van der Waals surface area contributed by atoms with Gasteiger partial charge in [-0.3, -0.25) is 4.90 Å². The number of hydrogen-bond acceptors (Lipinski definition) is 6. The molecule has 1 fully saturated rings. The number of nitrogens with zero attached hydrogens (tertiary/aromatic N) is 3. The zero-order valence-electron chi connectivity index (χ0n) is 20.3. The van der Waals surface area contributed by atoms with Gasteiger partial charge in [0.25, 0.3) is 0 Å². The molecule has 1 aliphatic rings. The van der Waals surface area contributed by atoms with Gasteiger partial charge in [0.2, 0.25) is 0 Å². The van der Waals surface area contributed by atoms with E-state index in [1.807, 2.05) is 24.5 Å². The van der Waals surface area contributed by atoms with Crippen LogP contribution in [0.5, 0.6) is 0 Å². The normalized spacial score (nSPS) is 22.0. The maximum absolute atomic E-state index is 13.0. The van der Waals surface area contributed by atoms with E-state index in [-0.39, 0.29) is 11.4 Å². The minimum absolute atomic E-state index is 0.0577. The number of carbonyl (C=O) groups excluding carboxylic acids is 1. The Morgan fingerprint density at radius 2 is 2.09 bits per heavy atom. The molecule has 2 atom stereocenters. The van der Waals surface area contributed by atoms with Crippen LogP contribution in [-0.2, 0) is 20.8 Å². The maximum atomic E-state index is 13.0. The number of piperidine rings is 1. The van der Waals surface area contributed by atoms with Crippen LogP contribution in [0.3, 0.4) is 0 Å². The molecule has 0 N–H and O–H groups in total. The van der Waals surface area contributed by atoms with Crippen LogP contribution in [0.4, 0.5) is 0 Å². The highest BCUT2D eigenvalue weighted by atomic mass is 32.1. The molecule has 0 aliphatic carbocycles. The van der Waals surface area contributed by atoms with Crippen LogP contribution in [-0.4, -0.2) is 52.7 Å². The van der Waals surface area contributed by atoms with Crippen LogP contribution in [0.1, 0.15) is 45.4 Å². The number of fused-ring (bicyclic) bond motifs is 1. The molecule has 33 heavy (non-hydrogen) atoms. The molecule has 0 amide bonds. The van der Waals surface area contributed by atoms with Gasteiger partial charge < -0.3 is 13.9 Å². The van der Waals surface area contributed by atoms with E-state index in [9.17, 15) is 4.79 Å². The first-order chi connectivity index (χ1) is 15.8. The zero-order valence-corrected chi connectivity index (χ0v) is 21.2. The highest BCUT2D eigenvalue weighted by Crippen LogP contribution is 2.40. The van der Waals surface area contributed by atoms with Crippen molar-refractivity contribution in [2.75, 3.05) is 26.8 Å². The number of methoxy groups -OCH3 is 1. The van der Waals surface area contributed by atoms with Gasteiger partial charge in [0.15, 0.2) is 11.4 Å². The standard InChI is InChI=1S/C26H35N3O3S/c1-6-14-32-26(24(30)31-5)15-19(25(2,3)4)16-28(18-26)17-21-9-10-22(33-21)23-27-12-11-20-8-7-13-29(20)23/h7-13,19H,6,14-18H2,1-5H3/t19-,26+/m1/s1. The lowest BCUT2D eigenvalue weighted by molar-refractivity contribution is -0.184. The molecule has 0 aromatic carbocycles. The third-order valence-electron chi connectivity index (χ3n) is 6.61. The summed E-state index contributed by atoms with van der Waals surface area (Å²) in [4.78, 5) is 22.3. The molecule has 4 heterocycles. The predicted molar refractivity (Wildman–Crippen MR) is 132 cm³/mol. The van der Waals surface area contributed by atoms with Gasteiger partial charge in [-0.15, -0.1) is 11.3 Å². The Hall–Kier alpha value is -2.22. The fourth-order valence-corrected chi connectivity index (χ4v) is 5.76. The predicted octanol–water partition coefficient (Wildman–Crippen LogP) is 5.27. The molecular formula is C26H35N3O3S. The third kappa shape index (κ3) is 5.00. The Bertz CT molecular complexity index is 1100. The molecule has 0 unspecified atom stereocenters. The summed E-state index contributed by atoms with van der Waals surface area (Å²) in [5.74, 6) is 1.01. The molecule has 0 spiro atoms. The van der Waals surface area contributed by atoms with Crippen LogP contribution in [0.15, 0.2) is 42.7 Å². The van der Waals surface area contributed by atoms with Crippen LogP contribution >= 0.6 is 11.3 Å². The second-order valence-corrected chi connectivity index (χ2v) is 11.3. The van der Waals surface area contributed by atoms with E-state index in [4.69, 9.17) is 9.47 Å². The Kier molecular flexibility index (Phi) is 6.93. The average Bonchev–Trinajstić information content (AvgIpc) is 3.45. The van der Waals surface area contributed by atoms with Gasteiger partial charge in [0.05, 0.1) is 12.0 Å². The summed E-state index contributed by atoms with van der Waals surface area (Å²) in [6.45, 7) is 11.6. The molecule has 0 bridgehead atoms. The first-order valence-electron chi connectivity index (χ1n) is 11.7. The summed E-state index contributed by atoms with van der Waals surface area (Å²) in [5.41, 5.74) is 0.275. The summed E-state index contributed by atoms with van der Waals surface area (Å²) in [6.07, 6.45) is 5.46. The SMILES string of the molecule is CCCO[C@@]1(C(=O)OC)C[C@@H](C(C)(C)C)CN(Cc2ccc(-c3nccc4cccn34)s2)C1. The Labute approximate surface area is 200 Å². The number of hydrogen-bond donors (Lipinski definition) is 0. The van der Waals surface area contributed by atoms with E-state index in [0.717, 1.165) is 35.7 Å². The van der Waals surface area contributed by atoms with Gasteiger partial charge in [-0.25, -0.2) is 9.78 Å². The van der Waals surface area contributed by atoms with Crippen molar-refractivity contribution in [1.82, 2.24) is 14.3 Å². The van der Waals surface area contributed by atoms with E-state index >= 15 is 0 Å². The largest absolute Gasteiger partial charge is 0.467 e. The van der Waals surface area contributed by atoms with Crippen molar-refractivity contribution >= 4 is 22.8 Å². The molecule has 0 radical (unpaired) electrons. The molecule has 1 saturated heterocycles. The summed E-state index contributed by atoms with van der Waals surface area (Å²) in [7, 11) is 1.46. The molecule has 4 rings (SSSR count). The fourth-order valence-electron chi connectivity index (χ4n) is 4.71. The molecule has 178 valence electrons. The van der Waals surface area contributed by atoms with Crippen LogP contribution in [0.25, 0.3) is 16.2 Å². The Morgan fingerprint density at radius 3 is 2.82 bits per heavy atom. The highest BCUT2D eigenvalue weighted by Gasteiger charge is 2.50. The van der Waals surface area contributed by atoms with E-state index in [1.54, 1.807) is 11.3 Å². The van der Waals surface area contributed by atoms with E-state index in [2.05, 4.69) is 60.2 Å².